The summed E-state index contributed by atoms with van der Waals surface area (Å²) < 4.78 is 5.05. The molecule has 6 heteroatoms. The maximum atomic E-state index is 12.5. The van der Waals surface area contributed by atoms with Crippen molar-refractivity contribution in [1.82, 2.24) is 5.32 Å². The molecule has 1 atom stereocenters. The minimum Gasteiger partial charge on any atom is -0.459 e. The molecule has 24 heavy (non-hydrogen) atoms. The highest BCUT2D eigenvalue weighted by Gasteiger charge is 2.34. The van der Waals surface area contributed by atoms with Crippen LogP contribution < -0.4 is 16.0 Å². The molecule has 0 radical (unpaired) electrons. The van der Waals surface area contributed by atoms with E-state index in [-0.39, 0.29) is 23.0 Å². The Labute approximate surface area is 140 Å². The van der Waals surface area contributed by atoms with Gasteiger partial charge in [0, 0.05) is 17.9 Å². The van der Waals surface area contributed by atoms with Crippen molar-refractivity contribution < 1.29 is 14.0 Å². The number of benzene rings is 1. The number of hydrogen-bond donors (Lipinski definition) is 3. The smallest absolute Gasteiger partial charge is 0.291 e. The number of piperidine rings is 1. The minimum atomic E-state index is -0.384. The lowest BCUT2D eigenvalue weighted by Crippen LogP contribution is -2.46. The van der Waals surface area contributed by atoms with Crippen LogP contribution in [-0.4, -0.2) is 24.9 Å². The molecule has 0 spiro atoms. The van der Waals surface area contributed by atoms with Gasteiger partial charge in [-0.3, -0.25) is 9.59 Å². The van der Waals surface area contributed by atoms with Crippen molar-refractivity contribution in [2.75, 3.05) is 23.7 Å². The van der Waals surface area contributed by atoms with Crippen molar-refractivity contribution in [2.24, 2.45) is 5.41 Å². The Balaban J connectivity index is 1.60. The predicted molar refractivity (Wildman–Crippen MR) is 91.9 cm³/mol. The first-order valence-electron chi connectivity index (χ1n) is 8.04. The Morgan fingerprint density at radius 2 is 1.83 bits per heavy atom. The van der Waals surface area contributed by atoms with Gasteiger partial charge in [-0.25, -0.2) is 0 Å². The molecule has 1 unspecified atom stereocenters. The van der Waals surface area contributed by atoms with Gasteiger partial charge in [-0.1, -0.05) is 0 Å². The van der Waals surface area contributed by atoms with Crippen molar-refractivity contribution in [2.45, 2.75) is 19.8 Å². The van der Waals surface area contributed by atoms with E-state index < -0.39 is 0 Å². The zero-order valence-electron chi connectivity index (χ0n) is 13.6. The van der Waals surface area contributed by atoms with Gasteiger partial charge in [-0.2, -0.15) is 0 Å². The van der Waals surface area contributed by atoms with E-state index in [4.69, 9.17) is 4.42 Å². The Morgan fingerprint density at radius 3 is 2.42 bits per heavy atom. The molecular weight excluding hydrogens is 306 g/mol. The lowest BCUT2D eigenvalue weighted by atomic mass is 9.82. The number of furan rings is 1. The molecule has 126 valence electrons. The van der Waals surface area contributed by atoms with Gasteiger partial charge in [-0.15, -0.1) is 0 Å². The quantitative estimate of drug-likeness (QED) is 0.806. The van der Waals surface area contributed by atoms with Crippen LogP contribution in [0.15, 0.2) is 47.1 Å². The normalized spacial score (nSPS) is 20.4. The van der Waals surface area contributed by atoms with E-state index in [0.29, 0.717) is 17.9 Å². The van der Waals surface area contributed by atoms with E-state index in [1.54, 1.807) is 36.4 Å². The fourth-order valence-electron chi connectivity index (χ4n) is 2.77. The van der Waals surface area contributed by atoms with Crippen LogP contribution in [0.3, 0.4) is 0 Å². The summed E-state index contributed by atoms with van der Waals surface area (Å²) in [7, 11) is 0. The molecular formula is C18H21N3O3. The first kappa shape index (κ1) is 16.3. The molecule has 0 aliphatic carbocycles. The molecule has 6 nitrogen and oxygen atoms in total. The summed E-state index contributed by atoms with van der Waals surface area (Å²) in [5.41, 5.74) is 0.965. The van der Waals surface area contributed by atoms with Crippen LogP contribution in [0.1, 0.15) is 30.3 Å². The van der Waals surface area contributed by atoms with Crippen molar-refractivity contribution in [3.05, 3.63) is 48.4 Å². The summed E-state index contributed by atoms with van der Waals surface area (Å²) in [5, 5.41) is 8.96. The molecule has 1 fully saturated rings. The summed E-state index contributed by atoms with van der Waals surface area (Å²) >= 11 is 0. The van der Waals surface area contributed by atoms with Crippen molar-refractivity contribution >= 4 is 23.2 Å². The highest BCUT2D eigenvalue weighted by molar-refractivity contribution is 6.02. The van der Waals surface area contributed by atoms with Crippen LogP contribution in [0.2, 0.25) is 0 Å². The van der Waals surface area contributed by atoms with Crippen molar-refractivity contribution in [3.63, 3.8) is 0 Å². The molecule has 1 aliphatic rings. The molecule has 2 heterocycles. The van der Waals surface area contributed by atoms with E-state index in [2.05, 4.69) is 16.0 Å². The highest BCUT2D eigenvalue weighted by Crippen LogP contribution is 2.27. The third-order valence-corrected chi connectivity index (χ3v) is 4.29. The second-order valence-corrected chi connectivity index (χ2v) is 6.30. The van der Waals surface area contributed by atoms with Gasteiger partial charge in [0.05, 0.1) is 11.7 Å². The molecule has 3 N–H and O–H groups in total. The highest BCUT2D eigenvalue weighted by atomic mass is 16.3. The minimum absolute atomic E-state index is 0.0158. The zero-order chi connectivity index (χ0) is 17.0. The second-order valence-electron chi connectivity index (χ2n) is 6.30. The fraction of sp³-hybridized carbons (Fsp3) is 0.333. The third kappa shape index (κ3) is 3.65. The average Bonchev–Trinajstić information content (AvgIpc) is 3.12. The van der Waals surface area contributed by atoms with E-state index in [1.807, 2.05) is 6.92 Å². The molecule has 1 aromatic heterocycles. The summed E-state index contributed by atoms with van der Waals surface area (Å²) in [6.07, 6.45) is 3.33. The van der Waals surface area contributed by atoms with Crippen LogP contribution in [0, 0.1) is 5.41 Å². The van der Waals surface area contributed by atoms with E-state index in [9.17, 15) is 9.59 Å². The van der Waals surface area contributed by atoms with Gasteiger partial charge in [0.15, 0.2) is 5.76 Å². The number of nitrogens with one attached hydrogen (secondary N) is 3. The number of anilines is 2. The largest absolute Gasteiger partial charge is 0.459 e. The first-order chi connectivity index (χ1) is 11.6. The van der Waals surface area contributed by atoms with Gasteiger partial charge < -0.3 is 20.4 Å². The molecule has 2 aromatic rings. The summed E-state index contributed by atoms with van der Waals surface area (Å²) in [5.74, 6) is -0.0373. The van der Waals surface area contributed by atoms with Crippen molar-refractivity contribution in [1.29, 1.82) is 0 Å². The Morgan fingerprint density at radius 1 is 1.12 bits per heavy atom. The summed E-state index contributed by atoms with van der Waals surface area (Å²) in [4.78, 5) is 24.4. The maximum Gasteiger partial charge on any atom is 0.291 e. The number of carbonyl (C=O) groups is 2. The molecule has 0 bridgehead atoms. The van der Waals surface area contributed by atoms with Crippen LogP contribution in [0.25, 0.3) is 0 Å². The standard InChI is InChI=1S/C18H21N3O3/c1-18(9-3-10-19-12-18)17(23)21-14-7-5-13(6-8-14)20-16(22)15-4-2-11-24-15/h2,4-8,11,19H,3,9-10,12H2,1H3,(H,20,22)(H,21,23). The zero-order valence-corrected chi connectivity index (χ0v) is 13.6. The molecule has 1 aromatic carbocycles. The maximum absolute atomic E-state index is 12.5. The Kier molecular flexibility index (Phi) is 4.66. The van der Waals surface area contributed by atoms with Gasteiger partial charge in [0.2, 0.25) is 5.91 Å². The second kappa shape index (κ2) is 6.88. The lowest BCUT2D eigenvalue weighted by molar-refractivity contribution is -0.125. The molecule has 1 saturated heterocycles. The van der Waals surface area contributed by atoms with Crippen LogP contribution in [0.4, 0.5) is 11.4 Å². The molecule has 2 amide bonds. The summed E-state index contributed by atoms with van der Waals surface area (Å²) in [6.45, 7) is 3.63. The van der Waals surface area contributed by atoms with E-state index in [1.165, 1.54) is 6.26 Å². The first-order valence-corrected chi connectivity index (χ1v) is 8.04. The Hall–Kier alpha value is -2.60. The van der Waals surface area contributed by atoms with Gasteiger partial charge in [-0.05, 0) is 62.7 Å². The van der Waals surface area contributed by atoms with E-state index in [0.717, 1.165) is 19.4 Å². The van der Waals surface area contributed by atoms with Crippen LogP contribution in [-0.2, 0) is 4.79 Å². The van der Waals surface area contributed by atoms with Gasteiger partial charge in [0.1, 0.15) is 0 Å². The summed E-state index contributed by atoms with van der Waals surface area (Å²) in [6, 6.07) is 10.3. The molecule has 3 rings (SSSR count). The average molecular weight is 327 g/mol. The number of carbonyl (C=O) groups excluding carboxylic acids is 2. The fourth-order valence-corrected chi connectivity index (χ4v) is 2.77. The van der Waals surface area contributed by atoms with Crippen LogP contribution >= 0.6 is 0 Å². The number of rotatable bonds is 4. The van der Waals surface area contributed by atoms with Crippen LogP contribution in [0.5, 0.6) is 0 Å². The molecule has 0 saturated carbocycles. The molecule has 1 aliphatic heterocycles. The number of hydrogen-bond acceptors (Lipinski definition) is 4. The Bertz CT molecular complexity index is 702. The topological polar surface area (TPSA) is 83.4 Å². The number of amides is 2. The lowest BCUT2D eigenvalue weighted by Gasteiger charge is -2.32. The predicted octanol–water partition coefficient (Wildman–Crippen LogP) is 2.86. The van der Waals surface area contributed by atoms with E-state index >= 15 is 0 Å². The third-order valence-electron chi connectivity index (χ3n) is 4.29. The van der Waals surface area contributed by atoms with Gasteiger partial charge >= 0.3 is 0 Å². The van der Waals surface area contributed by atoms with Gasteiger partial charge in [0.25, 0.3) is 5.91 Å². The SMILES string of the molecule is CC1(C(=O)Nc2ccc(NC(=O)c3ccco3)cc2)CCCNC1. The van der Waals surface area contributed by atoms with Crippen molar-refractivity contribution in [3.8, 4) is 0 Å². The monoisotopic (exact) mass is 327 g/mol.